The number of carbonyl (C=O) groups excluding carboxylic acids is 2. The minimum atomic E-state index is -4.20. The highest BCUT2D eigenvalue weighted by Crippen LogP contribution is 2.32. The summed E-state index contributed by atoms with van der Waals surface area (Å²) in [5.41, 5.74) is 0.146. The first-order chi connectivity index (χ1) is 16.2. The lowest BCUT2D eigenvalue weighted by molar-refractivity contribution is -0.222. The largest absolute Gasteiger partial charge is 0.419 e. The Morgan fingerprint density at radius 3 is 1.63 bits per heavy atom. The molecule has 2 rings (SSSR count). The summed E-state index contributed by atoms with van der Waals surface area (Å²) in [6.45, 7) is 11.6. The van der Waals surface area contributed by atoms with Gasteiger partial charge in [0.25, 0.3) is 5.79 Å². The summed E-state index contributed by atoms with van der Waals surface area (Å²) < 4.78 is 66.1. The van der Waals surface area contributed by atoms with Crippen molar-refractivity contribution < 1.29 is 35.9 Å². The molecule has 1 N–H and O–H groups in total. The predicted octanol–water partition coefficient (Wildman–Crippen LogP) is 2.19. The summed E-state index contributed by atoms with van der Waals surface area (Å²) in [5.74, 6) is -3.23. The van der Waals surface area contributed by atoms with E-state index in [1.165, 1.54) is 30.3 Å². The lowest BCUT2D eigenvalue weighted by Gasteiger charge is -2.29. The van der Waals surface area contributed by atoms with E-state index in [0.29, 0.717) is 5.56 Å². The topological polar surface area (TPSA) is 139 Å². The summed E-state index contributed by atoms with van der Waals surface area (Å²) >= 11 is 0. The highest BCUT2D eigenvalue weighted by Gasteiger charge is 2.39. The van der Waals surface area contributed by atoms with Crippen molar-refractivity contribution in [3.8, 4) is 0 Å². The van der Waals surface area contributed by atoms with Gasteiger partial charge >= 0.3 is 11.9 Å². The molecule has 0 radical (unpaired) electrons. The maximum atomic E-state index is 13.5. The molecule has 1 fully saturated rings. The maximum absolute atomic E-state index is 13.5. The average molecular weight is 532 g/mol. The molecular formula is C22H33N3O8S2. The second-order valence-electron chi connectivity index (χ2n) is 8.17. The first-order valence-corrected chi connectivity index (χ1v) is 14.1. The fraction of sp³-hybridized carbons (Fsp3) is 0.545. The molecule has 0 atom stereocenters. The van der Waals surface area contributed by atoms with Crippen LogP contribution in [0.4, 0.5) is 5.69 Å². The van der Waals surface area contributed by atoms with Crippen LogP contribution in [-0.2, 0) is 39.1 Å². The fourth-order valence-corrected chi connectivity index (χ4v) is 7.32. The van der Waals surface area contributed by atoms with Crippen LogP contribution < -0.4 is 5.32 Å². The Balaban J connectivity index is 2.69. The zero-order valence-corrected chi connectivity index (χ0v) is 22.7. The number of nitrogens with zero attached hydrogens (tertiary/aromatic N) is 2. The van der Waals surface area contributed by atoms with Gasteiger partial charge in [0.1, 0.15) is 9.79 Å². The first-order valence-electron chi connectivity index (χ1n) is 11.2. The quantitative estimate of drug-likeness (QED) is 0.273. The minimum absolute atomic E-state index is 0.137. The lowest BCUT2D eigenvalue weighted by atomic mass is 10.2. The van der Waals surface area contributed by atoms with Gasteiger partial charge in [-0.3, -0.25) is 0 Å². The molecule has 1 aromatic carbocycles. The molecule has 1 aromatic rings. The van der Waals surface area contributed by atoms with Gasteiger partial charge in [0.15, 0.2) is 5.57 Å². The number of aryl methyl sites for hydroxylation is 1. The van der Waals surface area contributed by atoms with E-state index >= 15 is 0 Å². The zero-order valence-electron chi connectivity index (χ0n) is 21.0. The first kappa shape index (κ1) is 28.8. The van der Waals surface area contributed by atoms with Crippen LogP contribution in [0.3, 0.4) is 0 Å². The molecule has 35 heavy (non-hydrogen) atoms. The van der Waals surface area contributed by atoms with E-state index in [1.807, 2.05) is 0 Å². The van der Waals surface area contributed by atoms with Gasteiger partial charge in [0.05, 0.1) is 0 Å². The number of anilines is 1. The van der Waals surface area contributed by atoms with Crippen molar-refractivity contribution in [3.05, 3.63) is 29.5 Å². The number of esters is 2. The van der Waals surface area contributed by atoms with Crippen LogP contribution in [0.15, 0.2) is 33.7 Å². The Morgan fingerprint density at radius 1 is 0.829 bits per heavy atom. The molecular weight excluding hydrogens is 498 g/mol. The van der Waals surface area contributed by atoms with Crippen molar-refractivity contribution in [2.45, 2.75) is 64.0 Å². The average Bonchev–Trinajstić information content (AvgIpc) is 2.74. The van der Waals surface area contributed by atoms with Crippen LogP contribution in [0.5, 0.6) is 0 Å². The molecule has 0 aliphatic carbocycles. The van der Waals surface area contributed by atoms with Gasteiger partial charge in [-0.05, 0) is 24.6 Å². The Hall–Kier alpha value is -2.48. The molecule has 196 valence electrons. The van der Waals surface area contributed by atoms with Crippen LogP contribution in [0.25, 0.3) is 0 Å². The third kappa shape index (κ3) is 5.85. The highest BCUT2D eigenvalue weighted by molar-refractivity contribution is 7.92. The third-order valence-corrected chi connectivity index (χ3v) is 9.73. The van der Waals surface area contributed by atoms with E-state index in [1.54, 1.807) is 34.6 Å². The van der Waals surface area contributed by atoms with E-state index in [-0.39, 0.29) is 36.8 Å². The number of hydrogen-bond acceptors (Lipinski definition) is 9. The van der Waals surface area contributed by atoms with Crippen molar-refractivity contribution in [2.24, 2.45) is 0 Å². The normalized spacial score (nSPS) is 16.3. The van der Waals surface area contributed by atoms with Gasteiger partial charge in [-0.2, -0.15) is 8.61 Å². The molecule has 13 heteroatoms. The van der Waals surface area contributed by atoms with Gasteiger partial charge < -0.3 is 14.8 Å². The molecule has 0 unspecified atom stereocenters. The minimum Gasteiger partial charge on any atom is -0.419 e. The van der Waals surface area contributed by atoms with E-state index in [0.717, 1.165) is 10.5 Å². The van der Waals surface area contributed by atoms with Crippen molar-refractivity contribution in [1.29, 1.82) is 0 Å². The molecule has 0 aromatic heterocycles. The number of benzene rings is 1. The molecule has 1 aliphatic rings. The van der Waals surface area contributed by atoms with Crippen LogP contribution in [0.1, 0.15) is 47.1 Å². The smallest absolute Gasteiger partial charge is 0.350 e. The number of ether oxygens (including phenoxy) is 2. The molecule has 0 amide bonds. The SMILES string of the molecule is CCN(CC)S(=O)(=O)c1cc(C)c(NC=C2C(=O)OC(C)(C)OC2=O)cc1S(=O)(=O)N(CC)CC. The molecule has 11 nitrogen and oxygen atoms in total. The number of carbonyl (C=O) groups is 2. The van der Waals surface area contributed by atoms with Gasteiger partial charge in [-0.15, -0.1) is 0 Å². The Morgan fingerprint density at radius 2 is 1.23 bits per heavy atom. The van der Waals surface area contributed by atoms with Crippen molar-refractivity contribution in [3.63, 3.8) is 0 Å². The van der Waals surface area contributed by atoms with Gasteiger partial charge in [0, 0.05) is 51.9 Å². The number of nitrogens with one attached hydrogen (secondary N) is 1. The summed E-state index contributed by atoms with van der Waals surface area (Å²) in [6, 6.07) is 2.46. The number of sulfonamides is 2. The molecule has 1 saturated heterocycles. The Labute approximate surface area is 207 Å². The van der Waals surface area contributed by atoms with E-state index in [4.69, 9.17) is 9.47 Å². The number of hydrogen-bond donors (Lipinski definition) is 1. The maximum Gasteiger partial charge on any atom is 0.350 e. The third-order valence-electron chi connectivity index (χ3n) is 5.43. The molecule has 0 saturated carbocycles. The fourth-order valence-electron chi connectivity index (χ4n) is 3.55. The summed E-state index contributed by atoms with van der Waals surface area (Å²) in [4.78, 5) is 23.7. The Bertz CT molecular complexity index is 1210. The summed E-state index contributed by atoms with van der Waals surface area (Å²) in [5, 5.41) is 2.74. The molecule has 1 aliphatic heterocycles. The predicted molar refractivity (Wildman–Crippen MR) is 129 cm³/mol. The number of cyclic esters (lactones) is 2. The van der Waals surface area contributed by atoms with E-state index in [2.05, 4.69) is 5.32 Å². The lowest BCUT2D eigenvalue weighted by Crippen LogP contribution is -2.42. The van der Waals surface area contributed by atoms with Crippen molar-refractivity contribution >= 4 is 37.7 Å². The van der Waals surface area contributed by atoms with Gasteiger partial charge in [-0.1, -0.05) is 27.7 Å². The summed E-state index contributed by atoms with van der Waals surface area (Å²) in [6.07, 6.45) is 1.05. The Kier molecular flexibility index (Phi) is 8.74. The van der Waals surface area contributed by atoms with Crippen LogP contribution in [-0.4, -0.2) is 69.4 Å². The van der Waals surface area contributed by atoms with Crippen molar-refractivity contribution in [2.75, 3.05) is 31.5 Å². The van der Waals surface area contributed by atoms with Crippen LogP contribution >= 0.6 is 0 Å². The van der Waals surface area contributed by atoms with Gasteiger partial charge in [-0.25, -0.2) is 26.4 Å². The molecule has 1 heterocycles. The monoisotopic (exact) mass is 531 g/mol. The molecule has 0 spiro atoms. The second kappa shape index (κ2) is 10.6. The molecule has 0 bridgehead atoms. The van der Waals surface area contributed by atoms with Crippen LogP contribution in [0, 0.1) is 6.92 Å². The van der Waals surface area contributed by atoms with Crippen molar-refractivity contribution in [1.82, 2.24) is 8.61 Å². The van der Waals surface area contributed by atoms with Gasteiger partial charge in [0.2, 0.25) is 20.0 Å². The standard InChI is InChI=1S/C22H33N3O8S2/c1-8-24(9-2)34(28,29)18-12-15(5)17(13-19(18)35(30,31)25(10-3)11-4)23-14-16-20(26)32-22(6,7)33-21(16)27/h12-14,23H,8-11H2,1-7H3. The summed E-state index contributed by atoms with van der Waals surface area (Å²) in [7, 11) is -8.33. The zero-order chi connectivity index (χ0) is 26.8. The van der Waals surface area contributed by atoms with Crippen LogP contribution in [0.2, 0.25) is 0 Å². The van der Waals surface area contributed by atoms with E-state index < -0.39 is 48.2 Å². The highest BCUT2D eigenvalue weighted by atomic mass is 32.2. The second-order valence-corrected chi connectivity index (χ2v) is 12.0. The number of rotatable bonds is 10. The van der Waals surface area contributed by atoms with E-state index in [9.17, 15) is 26.4 Å².